The molecule has 368 valence electrons. The summed E-state index contributed by atoms with van der Waals surface area (Å²) in [6.45, 7) is 14.3. The molecule has 0 aliphatic heterocycles. The highest BCUT2D eigenvalue weighted by Crippen LogP contribution is 2.60. The molecule has 2 aliphatic carbocycles. The second-order valence-corrected chi connectivity index (χ2v) is 21.9. The zero-order valence-corrected chi connectivity index (χ0v) is 44.1. The maximum Gasteiger partial charge on any atom is 0.119 e. The summed E-state index contributed by atoms with van der Waals surface area (Å²) >= 11 is 0. The van der Waals surface area contributed by atoms with E-state index in [1.807, 2.05) is 0 Å². The molecule has 0 radical (unpaired) electrons. The van der Waals surface area contributed by atoms with Crippen molar-refractivity contribution < 1.29 is 4.74 Å². The van der Waals surface area contributed by atoms with Crippen LogP contribution < -0.4 is 9.64 Å². The Hall–Kier alpha value is -8.20. The van der Waals surface area contributed by atoms with Crippen molar-refractivity contribution in [2.45, 2.75) is 71.3 Å². The summed E-state index contributed by atoms with van der Waals surface area (Å²) in [4.78, 5) is 2.47. The molecule has 2 aliphatic rings. The SMILES string of the molecule is Cc1cc(C)cc(C2(c3ccc(OCc4ccc(C(CC(C)C)C(C)C)cc4)cc3)c3ccccc3-c3ccc(N(c4ccccc4)c4ccc5c(c4)C(c4ccccc4)(c4ccccc4)c4ccccc4-5)cc32)c1. The molecular formula is C73H65NO. The predicted molar refractivity (Wildman–Crippen MR) is 313 cm³/mol. The Morgan fingerprint density at radius 1 is 0.387 bits per heavy atom. The molecule has 0 fully saturated rings. The number of ether oxygens (including phenoxy) is 1. The van der Waals surface area contributed by atoms with Crippen molar-refractivity contribution in [2.24, 2.45) is 11.8 Å². The smallest absolute Gasteiger partial charge is 0.119 e. The molecular weight excluding hydrogens is 907 g/mol. The van der Waals surface area contributed by atoms with Gasteiger partial charge in [-0.15, -0.1) is 0 Å². The summed E-state index contributed by atoms with van der Waals surface area (Å²) in [5.74, 6) is 2.66. The maximum absolute atomic E-state index is 6.60. The van der Waals surface area contributed by atoms with Crippen LogP contribution in [0.1, 0.15) is 107 Å². The molecule has 0 aromatic heterocycles. The molecule has 2 atom stereocenters. The van der Waals surface area contributed by atoms with Gasteiger partial charge in [-0.25, -0.2) is 0 Å². The quantitative estimate of drug-likeness (QED) is 0.108. The summed E-state index contributed by atoms with van der Waals surface area (Å²) in [6, 6.07) is 90.8. The van der Waals surface area contributed by atoms with Gasteiger partial charge in [0.05, 0.1) is 10.8 Å². The molecule has 12 rings (SSSR count). The molecule has 10 aromatic carbocycles. The zero-order chi connectivity index (χ0) is 51.3. The maximum atomic E-state index is 6.60. The van der Waals surface area contributed by atoms with Crippen LogP contribution in [-0.4, -0.2) is 0 Å². The second-order valence-electron chi connectivity index (χ2n) is 21.9. The van der Waals surface area contributed by atoms with E-state index in [1.165, 1.54) is 95.4 Å². The van der Waals surface area contributed by atoms with Gasteiger partial charge in [0, 0.05) is 17.1 Å². The average Bonchev–Trinajstić information content (AvgIpc) is 4.04. The van der Waals surface area contributed by atoms with Gasteiger partial charge in [0.2, 0.25) is 0 Å². The monoisotopic (exact) mass is 972 g/mol. The molecule has 0 saturated heterocycles. The first kappa shape index (κ1) is 47.8. The van der Waals surface area contributed by atoms with E-state index in [0.29, 0.717) is 24.4 Å². The van der Waals surface area contributed by atoms with Crippen molar-refractivity contribution in [3.05, 3.63) is 309 Å². The molecule has 10 aromatic rings. The van der Waals surface area contributed by atoms with Gasteiger partial charge in [0.1, 0.15) is 12.4 Å². The van der Waals surface area contributed by atoms with Crippen LogP contribution in [-0.2, 0) is 17.4 Å². The molecule has 75 heavy (non-hydrogen) atoms. The standard InChI is InChI=1S/C73H65NO/c1-49(2)42-67(50(3)4)54-32-30-53(31-33-54)48-75-62-38-34-57(35-39-62)73(58-44-51(5)43-52(6)45-58)69-29-19-17-27-64(69)66-41-37-61(47-71(66)73)74(59-24-14-9-15-25-59)60-36-40-65-63-26-16-18-28-68(63)72(70(65)46-60,55-20-10-7-11-21-55)56-22-12-8-13-23-56/h7-41,43-47,49-50,67H,42,48H2,1-6H3. The number of para-hydroxylation sites is 1. The highest BCUT2D eigenvalue weighted by molar-refractivity contribution is 5.92. The minimum atomic E-state index is -0.631. The first-order valence-electron chi connectivity index (χ1n) is 27.0. The highest BCUT2D eigenvalue weighted by atomic mass is 16.5. The van der Waals surface area contributed by atoms with E-state index in [0.717, 1.165) is 22.8 Å². The van der Waals surface area contributed by atoms with E-state index in [2.05, 4.69) is 289 Å². The number of hydrogen-bond acceptors (Lipinski definition) is 2. The van der Waals surface area contributed by atoms with Gasteiger partial charge in [0.25, 0.3) is 0 Å². The van der Waals surface area contributed by atoms with Crippen LogP contribution in [0.15, 0.2) is 243 Å². The zero-order valence-electron chi connectivity index (χ0n) is 44.1. The van der Waals surface area contributed by atoms with E-state index >= 15 is 0 Å². The number of nitrogens with zero attached hydrogens (tertiary/aromatic N) is 1. The highest BCUT2D eigenvalue weighted by Gasteiger charge is 2.48. The van der Waals surface area contributed by atoms with Crippen LogP contribution in [0.25, 0.3) is 22.3 Å². The summed E-state index contributed by atoms with van der Waals surface area (Å²) in [5, 5.41) is 0. The van der Waals surface area contributed by atoms with E-state index in [4.69, 9.17) is 4.74 Å². The first-order chi connectivity index (χ1) is 36.6. The number of anilines is 3. The largest absolute Gasteiger partial charge is 0.489 e. The topological polar surface area (TPSA) is 12.5 Å². The number of benzene rings is 10. The van der Waals surface area contributed by atoms with Gasteiger partial charge in [-0.1, -0.05) is 233 Å². The third-order valence-electron chi connectivity index (χ3n) is 16.3. The molecule has 2 unspecified atom stereocenters. The van der Waals surface area contributed by atoms with Gasteiger partial charge in [-0.05, 0) is 164 Å². The Kier molecular flexibility index (Phi) is 12.5. The van der Waals surface area contributed by atoms with Crippen molar-refractivity contribution >= 4 is 17.1 Å². The minimum Gasteiger partial charge on any atom is -0.489 e. The van der Waals surface area contributed by atoms with E-state index in [9.17, 15) is 0 Å². The third kappa shape index (κ3) is 8.19. The Morgan fingerprint density at radius 2 is 0.840 bits per heavy atom. The fraction of sp³-hybridized carbons (Fsp3) is 0.178. The average molecular weight is 972 g/mol. The first-order valence-corrected chi connectivity index (χ1v) is 27.0. The van der Waals surface area contributed by atoms with Crippen molar-refractivity contribution in [3.8, 4) is 28.0 Å². The van der Waals surface area contributed by atoms with Gasteiger partial charge < -0.3 is 9.64 Å². The van der Waals surface area contributed by atoms with E-state index < -0.39 is 10.8 Å². The Morgan fingerprint density at radius 3 is 1.35 bits per heavy atom. The van der Waals surface area contributed by atoms with E-state index in [-0.39, 0.29) is 0 Å². The number of rotatable bonds is 14. The second kappa shape index (κ2) is 19.6. The van der Waals surface area contributed by atoms with Crippen molar-refractivity contribution in [2.75, 3.05) is 4.90 Å². The van der Waals surface area contributed by atoms with Crippen LogP contribution in [0.3, 0.4) is 0 Å². The van der Waals surface area contributed by atoms with Gasteiger partial charge >= 0.3 is 0 Å². The summed E-state index contributed by atoms with van der Waals surface area (Å²) in [7, 11) is 0. The van der Waals surface area contributed by atoms with Gasteiger partial charge in [-0.2, -0.15) is 0 Å². The van der Waals surface area contributed by atoms with Crippen LogP contribution in [0.2, 0.25) is 0 Å². The lowest BCUT2D eigenvalue weighted by Gasteiger charge is -2.36. The molecule has 2 nitrogen and oxygen atoms in total. The summed E-state index contributed by atoms with van der Waals surface area (Å²) in [5.41, 5.74) is 22.3. The summed E-state index contributed by atoms with van der Waals surface area (Å²) in [6.07, 6.45) is 1.19. The van der Waals surface area contributed by atoms with Crippen LogP contribution >= 0.6 is 0 Å². The lowest BCUT2D eigenvalue weighted by Crippen LogP contribution is -2.29. The molecule has 0 N–H and O–H groups in total. The van der Waals surface area contributed by atoms with Crippen LogP contribution in [0.5, 0.6) is 5.75 Å². The van der Waals surface area contributed by atoms with Crippen molar-refractivity contribution in [3.63, 3.8) is 0 Å². The number of hydrogen-bond donors (Lipinski definition) is 0. The summed E-state index contributed by atoms with van der Waals surface area (Å²) < 4.78 is 6.60. The molecule has 0 spiro atoms. The van der Waals surface area contributed by atoms with Gasteiger partial charge in [-0.3, -0.25) is 0 Å². The van der Waals surface area contributed by atoms with Crippen molar-refractivity contribution in [1.82, 2.24) is 0 Å². The molecule has 0 heterocycles. The van der Waals surface area contributed by atoms with Crippen LogP contribution in [0, 0.1) is 25.7 Å². The normalized spacial score (nSPS) is 15.3. The number of fused-ring (bicyclic) bond motifs is 6. The minimum absolute atomic E-state index is 0.509. The molecule has 2 heteroatoms. The fourth-order valence-corrected chi connectivity index (χ4v) is 13.1. The van der Waals surface area contributed by atoms with Crippen LogP contribution in [0.4, 0.5) is 17.1 Å². The Balaban J connectivity index is 1.00. The Bertz CT molecular complexity index is 3590. The molecule has 0 amide bonds. The fourth-order valence-electron chi connectivity index (χ4n) is 13.1. The molecule has 0 saturated carbocycles. The number of aryl methyl sites for hydroxylation is 2. The molecule has 0 bridgehead atoms. The van der Waals surface area contributed by atoms with E-state index in [1.54, 1.807) is 0 Å². The van der Waals surface area contributed by atoms with Gasteiger partial charge in [0.15, 0.2) is 0 Å². The van der Waals surface area contributed by atoms with Crippen molar-refractivity contribution in [1.29, 1.82) is 0 Å². The Labute approximate surface area is 445 Å². The third-order valence-corrected chi connectivity index (χ3v) is 16.3. The predicted octanol–water partition coefficient (Wildman–Crippen LogP) is 18.9. The lowest BCUT2D eigenvalue weighted by atomic mass is 9.67. The lowest BCUT2D eigenvalue weighted by molar-refractivity contribution is 0.306.